The SMILES string of the molecule is CCCCc1ccc(NC(=O)c2ccc(OCC(=O)O)cc2)cc1. The Morgan fingerprint density at radius 2 is 1.71 bits per heavy atom. The maximum Gasteiger partial charge on any atom is 0.341 e. The van der Waals surface area contributed by atoms with Crippen LogP contribution in [0.25, 0.3) is 0 Å². The van der Waals surface area contributed by atoms with Gasteiger partial charge in [-0.05, 0) is 54.8 Å². The summed E-state index contributed by atoms with van der Waals surface area (Å²) in [6, 6.07) is 14.2. The van der Waals surface area contributed by atoms with Gasteiger partial charge in [0.1, 0.15) is 5.75 Å². The molecular weight excluding hydrogens is 306 g/mol. The number of carboxylic acid groups (broad SMARTS) is 1. The van der Waals surface area contributed by atoms with E-state index >= 15 is 0 Å². The minimum absolute atomic E-state index is 0.221. The molecule has 1 amide bonds. The molecule has 0 aromatic heterocycles. The number of aryl methyl sites for hydroxylation is 1. The summed E-state index contributed by atoms with van der Waals surface area (Å²) in [6.07, 6.45) is 3.36. The van der Waals surface area contributed by atoms with Crippen LogP contribution >= 0.6 is 0 Å². The molecule has 2 aromatic rings. The first-order valence-corrected chi connectivity index (χ1v) is 7.93. The molecule has 24 heavy (non-hydrogen) atoms. The quantitative estimate of drug-likeness (QED) is 0.774. The summed E-state index contributed by atoms with van der Waals surface area (Å²) in [4.78, 5) is 22.6. The van der Waals surface area contributed by atoms with Crippen molar-refractivity contribution >= 4 is 17.6 Å². The van der Waals surface area contributed by atoms with Gasteiger partial charge in [-0.2, -0.15) is 0 Å². The van der Waals surface area contributed by atoms with E-state index in [2.05, 4.69) is 12.2 Å². The molecule has 0 heterocycles. The largest absolute Gasteiger partial charge is 0.482 e. The highest BCUT2D eigenvalue weighted by atomic mass is 16.5. The van der Waals surface area contributed by atoms with E-state index in [0.29, 0.717) is 11.3 Å². The van der Waals surface area contributed by atoms with E-state index in [4.69, 9.17) is 9.84 Å². The normalized spacial score (nSPS) is 10.2. The topological polar surface area (TPSA) is 75.6 Å². The van der Waals surface area contributed by atoms with Crippen LogP contribution in [0.4, 0.5) is 5.69 Å². The third-order valence-corrected chi connectivity index (χ3v) is 3.51. The molecule has 0 radical (unpaired) electrons. The van der Waals surface area contributed by atoms with Crippen LogP contribution in [0.5, 0.6) is 5.75 Å². The zero-order valence-electron chi connectivity index (χ0n) is 13.6. The fourth-order valence-corrected chi connectivity index (χ4v) is 2.19. The van der Waals surface area contributed by atoms with Crippen LogP contribution < -0.4 is 10.1 Å². The summed E-state index contributed by atoms with van der Waals surface area (Å²) < 4.78 is 5.03. The lowest BCUT2D eigenvalue weighted by Gasteiger charge is -2.08. The Morgan fingerprint density at radius 1 is 1.04 bits per heavy atom. The van der Waals surface area contributed by atoms with Gasteiger partial charge >= 0.3 is 5.97 Å². The third-order valence-electron chi connectivity index (χ3n) is 3.51. The Labute approximate surface area is 141 Å². The number of nitrogens with one attached hydrogen (secondary N) is 1. The van der Waals surface area contributed by atoms with Crippen LogP contribution in [-0.2, 0) is 11.2 Å². The number of carbonyl (C=O) groups is 2. The van der Waals surface area contributed by atoms with Crippen LogP contribution in [0.3, 0.4) is 0 Å². The van der Waals surface area contributed by atoms with Gasteiger partial charge in [-0.3, -0.25) is 4.79 Å². The molecule has 0 aliphatic rings. The van der Waals surface area contributed by atoms with Gasteiger partial charge in [-0.25, -0.2) is 4.79 Å². The Kier molecular flexibility index (Phi) is 6.37. The first-order valence-electron chi connectivity index (χ1n) is 7.93. The van der Waals surface area contributed by atoms with E-state index in [-0.39, 0.29) is 5.91 Å². The fraction of sp³-hybridized carbons (Fsp3) is 0.263. The molecule has 0 saturated carbocycles. The Hall–Kier alpha value is -2.82. The monoisotopic (exact) mass is 327 g/mol. The average molecular weight is 327 g/mol. The lowest BCUT2D eigenvalue weighted by Crippen LogP contribution is -2.12. The van der Waals surface area contributed by atoms with Crippen molar-refractivity contribution < 1.29 is 19.4 Å². The summed E-state index contributed by atoms with van der Waals surface area (Å²) in [7, 11) is 0. The van der Waals surface area contributed by atoms with Crippen molar-refractivity contribution in [1.82, 2.24) is 0 Å². The molecule has 0 bridgehead atoms. The molecule has 5 nitrogen and oxygen atoms in total. The summed E-state index contributed by atoms with van der Waals surface area (Å²) >= 11 is 0. The first-order chi connectivity index (χ1) is 11.6. The third kappa shape index (κ3) is 5.43. The van der Waals surface area contributed by atoms with Crippen LogP contribution in [0.2, 0.25) is 0 Å². The second-order valence-corrected chi connectivity index (χ2v) is 5.46. The number of carboxylic acids is 1. The van der Waals surface area contributed by atoms with Crippen molar-refractivity contribution in [1.29, 1.82) is 0 Å². The van der Waals surface area contributed by atoms with Gasteiger partial charge < -0.3 is 15.2 Å². The van der Waals surface area contributed by atoms with Crippen LogP contribution in [-0.4, -0.2) is 23.6 Å². The van der Waals surface area contributed by atoms with Crippen LogP contribution in [0.15, 0.2) is 48.5 Å². The molecule has 0 aliphatic carbocycles. The number of benzene rings is 2. The molecule has 5 heteroatoms. The van der Waals surface area contributed by atoms with Crippen molar-refractivity contribution in [3.05, 3.63) is 59.7 Å². The van der Waals surface area contributed by atoms with E-state index in [0.717, 1.165) is 24.9 Å². The van der Waals surface area contributed by atoms with E-state index in [1.165, 1.54) is 5.56 Å². The number of amides is 1. The first kappa shape index (κ1) is 17.5. The highest BCUT2D eigenvalue weighted by Crippen LogP contribution is 2.15. The van der Waals surface area contributed by atoms with Gasteiger partial charge in [-0.1, -0.05) is 25.5 Å². The average Bonchev–Trinajstić information content (AvgIpc) is 2.59. The number of unbranched alkanes of at least 4 members (excludes halogenated alkanes) is 1. The van der Waals surface area contributed by atoms with Gasteiger partial charge in [0.25, 0.3) is 5.91 Å². The van der Waals surface area contributed by atoms with Crippen molar-refractivity contribution in [2.24, 2.45) is 0 Å². The van der Waals surface area contributed by atoms with Gasteiger partial charge in [0.05, 0.1) is 0 Å². The highest BCUT2D eigenvalue weighted by molar-refractivity contribution is 6.04. The Balaban J connectivity index is 1.92. The predicted octanol–water partition coefficient (Wildman–Crippen LogP) is 3.74. The molecule has 0 unspecified atom stereocenters. The standard InChI is InChI=1S/C19H21NO4/c1-2-3-4-14-5-9-16(10-6-14)20-19(23)15-7-11-17(12-8-15)24-13-18(21)22/h5-12H,2-4,13H2,1H3,(H,20,23)(H,21,22). The Bertz CT molecular complexity index is 678. The maximum atomic E-state index is 12.2. The molecule has 0 saturated heterocycles. The van der Waals surface area contributed by atoms with Gasteiger partial charge in [0, 0.05) is 11.3 Å². The van der Waals surface area contributed by atoms with E-state index in [1.807, 2.05) is 24.3 Å². The van der Waals surface area contributed by atoms with Crippen LogP contribution in [0.1, 0.15) is 35.7 Å². The molecule has 0 atom stereocenters. The second-order valence-electron chi connectivity index (χ2n) is 5.46. The molecule has 2 rings (SSSR count). The summed E-state index contributed by atoms with van der Waals surface area (Å²) in [5.41, 5.74) is 2.48. The summed E-state index contributed by atoms with van der Waals surface area (Å²) in [6.45, 7) is 1.75. The number of anilines is 1. The lowest BCUT2D eigenvalue weighted by molar-refractivity contribution is -0.139. The zero-order chi connectivity index (χ0) is 17.4. The predicted molar refractivity (Wildman–Crippen MR) is 92.6 cm³/mol. The molecule has 2 N–H and O–H groups in total. The molecule has 0 spiro atoms. The van der Waals surface area contributed by atoms with Crippen LogP contribution in [0, 0.1) is 0 Å². The van der Waals surface area contributed by atoms with E-state index in [9.17, 15) is 9.59 Å². The van der Waals surface area contributed by atoms with E-state index < -0.39 is 12.6 Å². The number of rotatable bonds is 8. The smallest absolute Gasteiger partial charge is 0.341 e. The summed E-state index contributed by atoms with van der Waals surface area (Å²) in [5, 5.41) is 11.4. The molecule has 126 valence electrons. The Morgan fingerprint density at radius 3 is 2.29 bits per heavy atom. The van der Waals surface area contributed by atoms with Crippen molar-refractivity contribution in [3.8, 4) is 5.75 Å². The minimum atomic E-state index is -1.04. The maximum absolute atomic E-state index is 12.2. The zero-order valence-corrected chi connectivity index (χ0v) is 13.6. The highest BCUT2D eigenvalue weighted by Gasteiger charge is 2.07. The number of hydrogen-bond acceptors (Lipinski definition) is 3. The van der Waals surface area contributed by atoms with Gasteiger partial charge in [0.15, 0.2) is 6.61 Å². The number of aliphatic carboxylic acids is 1. The molecular formula is C19H21NO4. The minimum Gasteiger partial charge on any atom is -0.482 e. The second kappa shape index (κ2) is 8.72. The number of hydrogen-bond donors (Lipinski definition) is 2. The van der Waals surface area contributed by atoms with Gasteiger partial charge in [-0.15, -0.1) is 0 Å². The number of carbonyl (C=O) groups excluding carboxylic acids is 1. The van der Waals surface area contributed by atoms with Crippen molar-refractivity contribution in [3.63, 3.8) is 0 Å². The lowest BCUT2D eigenvalue weighted by atomic mass is 10.1. The fourth-order valence-electron chi connectivity index (χ4n) is 2.19. The molecule has 2 aromatic carbocycles. The van der Waals surface area contributed by atoms with Gasteiger partial charge in [0.2, 0.25) is 0 Å². The molecule has 0 fully saturated rings. The van der Waals surface area contributed by atoms with Crippen molar-refractivity contribution in [2.75, 3.05) is 11.9 Å². The van der Waals surface area contributed by atoms with E-state index in [1.54, 1.807) is 24.3 Å². The van der Waals surface area contributed by atoms with Crippen molar-refractivity contribution in [2.45, 2.75) is 26.2 Å². The number of ether oxygens (including phenoxy) is 1. The molecule has 0 aliphatic heterocycles. The summed E-state index contributed by atoms with van der Waals surface area (Å²) in [5.74, 6) is -0.852.